The van der Waals surface area contributed by atoms with Crippen molar-refractivity contribution in [2.75, 3.05) is 19.0 Å². The van der Waals surface area contributed by atoms with Crippen LogP contribution < -0.4 is 10.5 Å². The van der Waals surface area contributed by atoms with Crippen molar-refractivity contribution >= 4 is 5.69 Å². The number of aromatic nitrogens is 2. The number of aromatic amines is 1. The highest BCUT2D eigenvalue weighted by Gasteiger charge is 2.00. The van der Waals surface area contributed by atoms with Crippen LogP contribution in [-0.2, 0) is 0 Å². The molecule has 0 unspecified atom stereocenters. The summed E-state index contributed by atoms with van der Waals surface area (Å²) in [6, 6.07) is 9.27. The Labute approximate surface area is 87.7 Å². The van der Waals surface area contributed by atoms with E-state index in [-0.39, 0.29) is 5.56 Å². The minimum absolute atomic E-state index is 0.0485. The minimum Gasteiger partial charge on any atom is -0.378 e. The summed E-state index contributed by atoms with van der Waals surface area (Å²) in [4.78, 5) is 13.4. The van der Waals surface area contributed by atoms with E-state index >= 15 is 0 Å². The van der Waals surface area contributed by atoms with Gasteiger partial charge in [-0.05, 0) is 24.3 Å². The molecule has 0 aliphatic carbocycles. The molecule has 0 aliphatic heterocycles. The third kappa shape index (κ3) is 1.79. The fraction of sp³-hybridized carbons (Fsp3) is 0.182. The molecule has 15 heavy (non-hydrogen) atoms. The largest absolute Gasteiger partial charge is 0.378 e. The van der Waals surface area contributed by atoms with Crippen LogP contribution in [0.2, 0.25) is 0 Å². The van der Waals surface area contributed by atoms with Gasteiger partial charge in [0.1, 0.15) is 0 Å². The average Bonchev–Trinajstić information content (AvgIpc) is 2.65. The Bertz CT molecular complexity index is 493. The van der Waals surface area contributed by atoms with Gasteiger partial charge in [0.2, 0.25) is 0 Å². The number of anilines is 1. The molecule has 0 bridgehead atoms. The molecule has 0 fully saturated rings. The zero-order chi connectivity index (χ0) is 10.8. The highest BCUT2D eigenvalue weighted by atomic mass is 16.1. The van der Waals surface area contributed by atoms with Crippen LogP contribution in [0.5, 0.6) is 0 Å². The van der Waals surface area contributed by atoms with Crippen molar-refractivity contribution in [2.45, 2.75) is 0 Å². The molecule has 2 aromatic rings. The third-order valence-electron chi connectivity index (χ3n) is 2.27. The van der Waals surface area contributed by atoms with Crippen molar-refractivity contribution in [3.63, 3.8) is 0 Å². The fourth-order valence-corrected chi connectivity index (χ4v) is 1.42. The molecule has 0 amide bonds. The van der Waals surface area contributed by atoms with Crippen molar-refractivity contribution < 1.29 is 0 Å². The van der Waals surface area contributed by atoms with Gasteiger partial charge in [0, 0.05) is 32.0 Å². The fourth-order valence-electron chi connectivity index (χ4n) is 1.42. The zero-order valence-electron chi connectivity index (χ0n) is 8.77. The Morgan fingerprint density at radius 3 is 2.27 bits per heavy atom. The van der Waals surface area contributed by atoms with Crippen LogP contribution in [0.3, 0.4) is 0 Å². The lowest BCUT2D eigenvalue weighted by atomic mass is 10.2. The first-order valence-electron chi connectivity index (χ1n) is 4.73. The van der Waals surface area contributed by atoms with Crippen LogP contribution in [0.25, 0.3) is 5.69 Å². The lowest BCUT2D eigenvalue weighted by molar-refractivity contribution is 0.849. The first-order valence-corrected chi connectivity index (χ1v) is 4.73. The number of nitrogens with one attached hydrogen (secondary N) is 1. The molecule has 0 saturated carbocycles. The predicted octanol–water partition coefficient (Wildman–Crippen LogP) is 1.23. The van der Waals surface area contributed by atoms with Gasteiger partial charge < -0.3 is 4.90 Å². The van der Waals surface area contributed by atoms with Crippen molar-refractivity contribution in [1.29, 1.82) is 0 Å². The Kier molecular flexibility index (Phi) is 2.33. The zero-order valence-corrected chi connectivity index (χ0v) is 8.77. The van der Waals surface area contributed by atoms with Gasteiger partial charge in [-0.2, -0.15) is 0 Å². The summed E-state index contributed by atoms with van der Waals surface area (Å²) in [5.41, 5.74) is 1.90. The molecule has 0 atom stereocenters. The molecular formula is C11H13N3O. The topological polar surface area (TPSA) is 41.0 Å². The van der Waals surface area contributed by atoms with E-state index in [1.807, 2.05) is 43.3 Å². The number of hydrogen-bond acceptors (Lipinski definition) is 2. The maximum Gasteiger partial charge on any atom is 0.271 e. The molecule has 78 valence electrons. The monoisotopic (exact) mass is 203 g/mol. The van der Waals surface area contributed by atoms with Crippen molar-refractivity contribution in [1.82, 2.24) is 9.78 Å². The molecule has 1 aromatic carbocycles. The van der Waals surface area contributed by atoms with Gasteiger partial charge >= 0.3 is 0 Å². The van der Waals surface area contributed by atoms with Gasteiger partial charge in [-0.15, -0.1) is 0 Å². The molecule has 0 radical (unpaired) electrons. The summed E-state index contributed by atoms with van der Waals surface area (Å²) in [5, 5.41) is 2.86. The average molecular weight is 203 g/mol. The van der Waals surface area contributed by atoms with Crippen molar-refractivity contribution in [2.24, 2.45) is 0 Å². The molecule has 1 heterocycles. The standard InChI is InChI=1S/C11H13N3O/c1-13(2)9-3-5-10(6-4-9)14-11(15)7-8-12-14/h3-8,12H,1-2H3. The van der Waals surface area contributed by atoms with E-state index in [4.69, 9.17) is 0 Å². The van der Waals surface area contributed by atoms with Gasteiger partial charge in [0.25, 0.3) is 5.56 Å². The van der Waals surface area contributed by atoms with Crippen LogP contribution in [0, 0.1) is 0 Å². The molecule has 1 aromatic heterocycles. The van der Waals surface area contributed by atoms with Crippen molar-refractivity contribution in [3.05, 3.63) is 46.9 Å². The summed E-state index contributed by atoms with van der Waals surface area (Å²) in [6.07, 6.45) is 1.63. The molecule has 0 saturated heterocycles. The summed E-state index contributed by atoms with van der Waals surface area (Å²) in [6.45, 7) is 0. The molecule has 4 nitrogen and oxygen atoms in total. The maximum atomic E-state index is 11.4. The first kappa shape index (κ1) is 9.58. The van der Waals surface area contributed by atoms with E-state index in [1.165, 1.54) is 10.7 Å². The smallest absolute Gasteiger partial charge is 0.271 e. The van der Waals surface area contributed by atoms with E-state index in [0.29, 0.717) is 0 Å². The Hall–Kier alpha value is -1.97. The second-order valence-electron chi connectivity index (χ2n) is 3.55. The van der Waals surface area contributed by atoms with Gasteiger partial charge in [0.05, 0.1) is 5.69 Å². The molecular weight excluding hydrogens is 190 g/mol. The summed E-state index contributed by atoms with van der Waals surface area (Å²) < 4.78 is 1.50. The normalized spacial score (nSPS) is 10.3. The lowest BCUT2D eigenvalue weighted by Crippen LogP contribution is -2.14. The molecule has 2 rings (SSSR count). The summed E-state index contributed by atoms with van der Waals surface area (Å²) >= 11 is 0. The third-order valence-corrected chi connectivity index (χ3v) is 2.27. The van der Waals surface area contributed by atoms with E-state index in [9.17, 15) is 4.79 Å². The quantitative estimate of drug-likeness (QED) is 0.797. The van der Waals surface area contributed by atoms with Gasteiger partial charge in [-0.3, -0.25) is 9.89 Å². The van der Waals surface area contributed by atoms with Crippen LogP contribution >= 0.6 is 0 Å². The number of hydrogen-bond donors (Lipinski definition) is 1. The molecule has 1 N–H and O–H groups in total. The van der Waals surface area contributed by atoms with E-state index in [0.717, 1.165) is 11.4 Å². The highest BCUT2D eigenvalue weighted by Crippen LogP contribution is 2.13. The Morgan fingerprint density at radius 1 is 1.13 bits per heavy atom. The SMILES string of the molecule is CN(C)c1ccc(-n2[nH]ccc2=O)cc1. The van der Waals surface area contributed by atoms with Gasteiger partial charge in [-0.1, -0.05) is 0 Å². The van der Waals surface area contributed by atoms with Crippen LogP contribution in [-0.4, -0.2) is 23.9 Å². The number of rotatable bonds is 2. The number of benzene rings is 1. The first-order chi connectivity index (χ1) is 7.18. The minimum atomic E-state index is -0.0485. The Morgan fingerprint density at radius 2 is 1.80 bits per heavy atom. The predicted molar refractivity (Wildman–Crippen MR) is 60.7 cm³/mol. The van der Waals surface area contributed by atoms with Gasteiger partial charge in [0.15, 0.2) is 0 Å². The second kappa shape index (κ2) is 3.65. The van der Waals surface area contributed by atoms with E-state index in [1.54, 1.807) is 6.20 Å². The molecule has 0 aliphatic rings. The van der Waals surface area contributed by atoms with Crippen molar-refractivity contribution in [3.8, 4) is 5.69 Å². The molecule has 4 heteroatoms. The molecule has 0 spiro atoms. The van der Waals surface area contributed by atoms with Gasteiger partial charge in [-0.25, -0.2) is 4.68 Å². The summed E-state index contributed by atoms with van der Waals surface area (Å²) in [7, 11) is 3.96. The number of H-pyrrole nitrogens is 1. The highest BCUT2D eigenvalue weighted by molar-refractivity contribution is 5.49. The number of nitrogens with zero attached hydrogens (tertiary/aromatic N) is 2. The second-order valence-corrected chi connectivity index (χ2v) is 3.55. The maximum absolute atomic E-state index is 11.4. The van der Waals surface area contributed by atoms with Crippen LogP contribution in [0.15, 0.2) is 41.3 Å². The van der Waals surface area contributed by atoms with E-state index in [2.05, 4.69) is 5.10 Å². The van der Waals surface area contributed by atoms with Crippen LogP contribution in [0.4, 0.5) is 5.69 Å². The Balaban J connectivity index is 2.40. The van der Waals surface area contributed by atoms with Crippen LogP contribution in [0.1, 0.15) is 0 Å². The summed E-state index contributed by atoms with van der Waals surface area (Å²) in [5.74, 6) is 0. The van der Waals surface area contributed by atoms with E-state index < -0.39 is 0 Å². The lowest BCUT2D eigenvalue weighted by Gasteiger charge is -2.12.